The van der Waals surface area contributed by atoms with Gasteiger partial charge < -0.3 is 15.2 Å². The molecule has 1 aromatic carbocycles. The van der Waals surface area contributed by atoms with E-state index in [0.717, 1.165) is 18.4 Å². The predicted octanol–water partition coefficient (Wildman–Crippen LogP) is 1.69. The van der Waals surface area contributed by atoms with E-state index in [9.17, 15) is 14.4 Å². The average Bonchev–Trinajstić information content (AvgIpc) is 3.16. The Morgan fingerprint density at radius 1 is 1.15 bits per heavy atom. The van der Waals surface area contributed by atoms with Crippen molar-refractivity contribution in [1.82, 2.24) is 20.5 Å². The molecule has 4 amide bonds. The fourth-order valence-electron chi connectivity index (χ4n) is 3.94. The largest absolute Gasteiger partial charge is 0.361 e. The summed E-state index contributed by atoms with van der Waals surface area (Å²) < 4.78 is 0. The van der Waals surface area contributed by atoms with E-state index in [1.807, 2.05) is 24.4 Å². The number of aromatic nitrogens is 1. The maximum Gasteiger partial charge on any atom is 0.322 e. The molecule has 2 aliphatic rings. The Kier molecular flexibility index (Phi) is 4.14. The number of para-hydroxylation sites is 1. The van der Waals surface area contributed by atoms with Crippen LogP contribution in [0.1, 0.15) is 31.2 Å². The summed E-state index contributed by atoms with van der Waals surface area (Å²) in [6.45, 7) is 0.999. The lowest BCUT2D eigenvalue weighted by atomic mass is 9.87. The summed E-state index contributed by atoms with van der Waals surface area (Å²) in [5.74, 6) is -0.154. The van der Waals surface area contributed by atoms with Crippen LogP contribution in [0.3, 0.4) is 0 Å². The van der Waals surface area contributed by atoms with Crippen molar-refractivity contribution in [2.24, 2.45) is 0 Å². The van der Waals surface area contributed by atoms with Crippen LogP contribution in [-0.2, 0) is 16.0 Å². The van der Waals surface area contributed by atoms with E-state index in [0.29, 0.717) is 32.4 Å². The molecule has 7 heteroatoms. The molecule has 1 spiro atoms. The third-order valence-corrected chi connectivity index (χ3v) is 5.50. The van der Waals surface area contributed by atoms with Crippen molar-refractivity contribution in [2.45, 2.75) is 37.6 Å². The van der Waals surface area contributed by atoms with Crippen LogP contribution in [0.5, 0.6) is 0 Å². The van der Waals surface area contributed by atoms with E-state index in [-0.39, 0.29) is 11.8 Å². The van der Waals surface area contributed by atoms with Crippen molar-refractivity contribution in [1.29, 1.82) is 0 Å². The zero-order chi connectivity index (χ0) is 18.1. The van der Waals surface area contributed by atoms with Gasteiger partial charge in [0, 0.05) is 36.6 Å². The highest BCUT2D eigenvalue weighted by molar-refractivity contribution is 6.07. The Morgan fingerprint density at radius 2 is 1.92 bits per heavy atom. The number of carbonyl (C=O) groups is 3. The van der Waals surface area contributed by atoms with Gasteiger partial charge >= 0.3 is 6.03 Å². The first-order valence-electron chi connectivity index (χ1n) is 9.04. The molecule has 0 unspecified atom stereocenters. The molecule has 0 radical (unpaired) electrons. The summed E-state index contributed by atoms with van der Waals surface area (Å²) in [6, 6.07) is 7.72. The number of nitrogens with zero attached hydrogens (tertiary/aromatic N) is 1. The third-order valence-electron chi connectivity index (χ3n) is 5.50. The number of fused-ring (bicyclic) bond motifs is 1. The lowest BCUT2D eigenvalue weighted by Crippen LogP contribution is -2.55. The molecule has 0 bridgehead atoms. The third kappa shape index (κ3) is 2.94. The van der Waals surface area contributed by atoms with Crippen molar-refractivity contribution in [3.8, 4) is 0 Å². The molecule has 1 aromatic heterocycles. The molecule has 26 heavy (non-hydrogen) atoms. The Morgan fingerprint density at radius 3 is 2.65 bits per heavy atom. The van der Waals surface area contributed by atoms with Gasteiger partial charge in [-0.3, -0.25) is 14.9 Å². The van der Waals surface area contributed by atoms with Gasteiger partial charge in [0.2, 0.25) is 5.91 Å². The first kappa shape index (κ1) is 16.6. The minimum Gasteiger partial charge on any atom is -0.361 e. The number of likely N-dealkylation sites (tertiary alicyclic amines) is 1. The lowest BCUT2D eigenvalue weighted by Gasteiger charge is -2.37. The van der Waals surface area contributed by atoms with Crippen molar-refractivity contribution in [2.75, 3.05) is 13.1 Å². The van der Waals surface area contributed by atoms with Crippen molar-refractivity contribution < 1.29 is 14.4 Å². The monoisotopic (exact) mass is 354 g/mol. The second-order valence-corrected chi connectivity index (χ2v) is 7.08. The van der Waals surface area contributed by atoms with E-state index in [1.165, 1.54) is 10.9 Å². The molecule has 0 aliphatic carbocycles. The Bertz CT molecular complexity index is 865. The van der Waals surface area contributed by atoms with Crippen molar-refractivity contribution in [3.05, 3.63) is 36.0 Å². The zero-order valence-electron chi connectivity index (χ0n) is 14.5. The molecule has 3 heterocycles. The number of aromatic amines is 1. The summed E-state index contributed by atoms with van der Waals surface area (Å²) in [5, 5.41) is 6.22. The lowest BCUT2D eigenvalue weighted by molar-refractivity contribution is -0.135. The molecule has 2 fully saturated rings. The van der Waals surface area contributed by atoms with E-state index >= 15 is 0 Å². The van der Waals surface area contributed by atoms with Gasteiger partial charge in [0.15, 0.2) is 0 Å². The number of hydrogen-bond acceptors (Lipinski definition) is 3. The topological polar surface area (TPSA) is 94.3 Å². The summed E-state index contributed by atoms with van der Waals surface area (Å²) in [5.41, 5.74) is 1.53. The number of H-pyrrole nitrogens is 1. The van der Waals surface area contributed by atoms with Crippen LogP contribution in [0.4, 0.5) is 4.79 Å². The summed E-state index contributed by atoms with van der Waals surface area (Å²) in [7, 11) is 0. The molecule has 0 atom stereocenters. The minimum atomic E-state index is -0.822. The molecule has 3 N–H and O–H groups in total. The van der Waals surface area contributed by atoms with Gasteiger partial charge in [-0.05, 0) is 37.3 Å². The van der Waals surface area contributed by atoms with Crippen LogP contribution >= 0.6 is 0 Å². The number of imide groups is 1. The van der Waals surface area contributed by atoms with Crippen molar-refractivity contribution >= 4 is 28.7 Å². The second-order valence-electron chi connectivity index (χ2n) is 7.08. The molecule has 7 nitrogen and oxygen atoms in total. The van der Waals surface area contributed by atoms with Crippen LogP contribution < -0.4 is 10.6 Å². The number of benzene rings is 1. The molecule has 0 saturated carbocycles. The van der Waals surface area contributed by atoms with Crippen LogP contribution in [0.25, 0.3) is 10.9 Å². The average molecular weight is 354 g/mol. The fourth-order valence-corrected chi connectivity index (χ4v) is 3.94. The molecule has 2 saturated heterocycles. The molecule has 2 aromatic rings. The van der Waals surface area contributed by atoms with Gasteiger partial charge in [-0.15, -0.1) is 0 Å². The van der Waals surface area contributed by atoms with E-state index < -0.39 is 11.6 Å². The van der Waals surface area contributed by atoms with Gasteiger partial charge in [0.25, 0.3) is 5.91 Å². The zero-order valence-corrected chi connectivity index (χ0v) is 14.5. The first-order valence-corrected chi connectivity index (χ1v) is 9.04. The van der Waals surface area contributed by atoms with Gasteiger partial charge in [0.1, 0.15) is 5.54 Å². The highest BCUT2D eigenvalue weighted by Gasteiger charge is 2.48. The molecular formula is C19H22N4O3. The van der Waals surface area contributed by atoms with Crippen LogP contribution in [0.15, 0.2) is 30.5 Å². The van der Waals surface area contributed by atoms with E-state index in [1.54, 1.807) is 4.90 Å². The SMILES string of the molecule is O=C1NC(=O)C2(CCN(C(=O)CCCc3c[nH]c4ccccc34)CC2)N1. The molecule has 2 aliphatic heterocycles. The summed E-state index contributed by atoms with van der Waals surface area (Å²) in [4.78, 5) is 40.8. The predicted molar refractivity (Wildman–Crippen MR) is 96.5 cm³/mol. The minimum absolute atomic E-state index is 0.115. The van der Waals surface area contributed by atoms with Crippen molar-refractivity contribution in [3.63, 3.8) is 0 Å². The van der Waals surface area contributed by atoms with E-state index in [2.05, 4.69) is 21.7 Å². The van der Waals surface area contributed by atoms with Crippen LogP contribution in [-0.4, -0.2) is 46.4 Å². The number of aryl methyl sites for hydroxylation is 1. The molecule has 136 valence electrons. The van der Waals surface area contributed by atoms with Crippen LogP contribution in [0, 0.1) is 0 Å². The van der Waals surface area contributed by atoms with E-state index in [4.69, 9.17) is 0 Å². The van der Waals surface area contributed by atoms with Gasteiger partial charge in [0.05, 0.1) is 0 Å². The Balaban J connectivity index is 1.28. The summed E-state index contributed by atoms with van der Waals surface area (Å²) >= 11 is 0. The highest BCUT2D eigenvalue weighted by Crippen LogP contribution is 2.26. The highest BCUT2D eigenvalue weighted by atomic mass is 16.2. The summed E-state index contributed by atoms with van der Waals surface area (Å²) in [6.07, 6.45) is 5.09. The number of piperidine rings is 1. The van der Waals surface area contributed by atoms with Gasteiger partial charge in [-0.1, -0.05) is 18.2 Å². The fraction of sp³-hybridized carbons (Fsp3) is 0.421. The van der Waals surface area contributed by atoms with Gasteiger partial charge in [-0.25, -0.2) is 4.79 Å². The normalized spacial score (nSPS) is 19.0. The van der Waals surface area contributed by atoms with Crippen LogP contribution in [0.2, 0.25) is 0 Å². The number of hydrogen-bond donors (Lipinski definition) is 3. The molecular weight excluding hydrogens is 332 g/mol. The number of amides is 4. The number of carbonyl (C=O) groups excluding carboxylic acids is 3. The maximum absolute atomic E-state index is 12.5. The standard InChI is InChI=1S/C19H22N4O3/c24-16(7-3-4-13-12-20-15-6-2-1-5-14(13)15)23-10-8-19(9-11-23)17(25)21-18(26)22-19/h1-2,5-6,12,20H,3-4,7-11H2,(H2,21,22,25,26). The quantitative estimate of drug-likeness (QED) is 0.729. The Labute approximate surface area is 151 Å². The first-order chi connectivity index (χ1) is 12.6. The second kappa shape index (κ2) is 6.48. The smallest absolute Gasteiger partial charge is 0.322 e. The number of rotatable bonds is 4. The number of urea groups is 1. The Hall–Kier alpha value is -2.83. The van der Waals surface area contributed by atoms with Gasteiger partial charge in [-0.2, -0.15) is 0 Å². The number of nitrogens with one attached hydrogen (secondary N) is 3. The molecule has 4 rings (SSSR count). The maximum atomic E-state index is 12.5.